The highest BCUT2D eigenvalue weighted by atomic mass is 16.6. The number of nitrogens with one attached hydrogen (secondary N) is 1. The van der Waals surface area contributed by atoms with E-state index in [1.54, 1.807) is 11.1 Å². The Balaban J connectivity index is 1.59. The first kappa shape index (κ1) is 25.0. The number of rotatable bonds is 10. The van der Waals surface area contributed by atoms with Crippen molar-refractivity contribution in [3.05, 3.63) is 36.0 Å². The first-order valence-corrected chi connectivity index (χ1v) is 12.4. The Morgan fingerprint density at radius 1 is 1.03 bits per heavy atom. The van der Waals surface area contributed by atoms with Crippen molar-refractivity contribution < 1.29 is 19.1 Å². The maximum Gasteiger partial charge on any atom is 0.306 e. The molecule has 6 heteroatoms. The number of para-hydroxylation sites is 1. The Bertz CT molecular complexity index is 950. The first-order valence-electron chi connectivity index (χ1n) is 12.4. The van der Waals surface area contributed by atoms with Crippen LogP contribution in [0.25, 0.3) is 10.9 Å². The number of hydrogen-bond acceptors (Lipinski definition) is 4. The molecule has 0 atom stereocenters. The summed E-state index contributed by atoms with van der Waals surface area (Å²) >= 11 is 0. The predicted molar refractivity (Wildman–Crippen MR) is 130 cm³/mol. The molecule has 3 rings (SSSR count). The average Bonchev–Trinajstić information content (AvgIpc) is 3.21. The standard InChI is InChI=1S/C27H38N2O4/c1-27(2,3)33-24(30)16-8-5-11-17-29(19-20-12-6-4-7-13-20)26(32)25(31)22-18-28-23-15-10-9-14-21(22)23/h9-10,14-15,18,20,28H,4-8,11-13,16-17,19H2,1-3H3. The number of benzene rings is 1. The van der Waals surface area contributed by atoms with Crippen molar-refractivity contribution in [2.45, 2.75) is 84.2 Å². The van der Waals surface area contributed by atoms with Gasteiger partial charge in [0.25, 0.3) is 11.7 Å². The maximum atomic E-state index is 13.3. The lowest BCUT2D eigenvalue weighted by molar-refractivity contribution is -0.155. The lowest BCUT2D eigenvalue weighted by Gasteiger charge is -2.29. The zero-order valence-electron chi connectivity index (χ0n) is 20.3. The highest BCUT2D eigenvalue weighted by Gasteiger charge is 2.28. The van der Waals surface area contributed by atoms with E-state index >= 15 is 0 Å². The van der Waals surface area contributed by atoms with Gasteiger partial charge in [-0.05, 0) is 58.4 Å². The normalized spacial score (nSPS) is 14.9. The molecule has 1 N–H and O–H groups in total. The number of hydrogen-bond donors (Lipinski definition) is 1. The number of fused-ring (bicyclic) bond motifs is 1. The van der Waals surface area contributed by atoms with Gasteiger partial charge in [-0.2, -0.15) is 0 Å². The van der Waals surface area contributed by atoms with E-state index < -0.39 is 17.3 Å². The molecule has 1 saturated carbocycles. The van der Waals surface area contributed by atoms with Gasteiger partial charge in [0.15, 0.2) is 0 Å². The Morgan fingerprint density at radius 3 is 2.48 bits per heavy atom. The van der Waals surface area contributed by atoms with Gasteiger partial charge in [0.05, 0.1) is 5.56 Å². The molecule has 1 fully saturated rings. The SMILES string of the molecule is CC(C)(C)OC(=O)CCCCCN(CC1CCCCC1)C(=O)C(=O)c1c[nH]c2ccccc12. The van der Waals surface area contributed by atoms with Crippen LogP contribution in [-0.2, 0) is 14.3 Å². The maximum absolute atomic E-state index is 13.3. The smallest absolute Gasteiger partial charge is 0.306 e. The largest absolute Gasteiger partial charge is 0.460 e. The van der Waals surface area contributed by atoms with E-state index in [0.717, 1.165) is 43.0 Å². The summed E-state index contributed by atoms with van der Waals surface area (Å²) in [6.45, 7) is 6.77. The van der Waals surface area contributed by atoms with Crippen molar-refractivity contribution in [3.8, 4) is 0 Å². The molecule has 1 aliphatic rings. The van der Waals surface area contributed by atoms with Gasteiger partial charge in [-0.3, -0.25) is 14.4 Å². The summed E-state index contributed by atoms with van der Waals surface area (Å²) in [7, 11) is 0. The molecule has 6 nitrogen and oxygen atoms in total. The molecule has 0 spiro atoms. The van der Waals surface area contributed by atoms with Crippen LogP contribution in [0.5, 0.6) is 0 Å². The van der Waals surface area contributed by atoms with Gasteiger partial charge in [0.1, 0.15) is 5.60 Å². The number of unbranched alkanes of at least 4 members (excludes halogenated alkanes) is 2. The highest BCUT2D eigenvalue weighted by Crippen LogP contribution is 2.25. The molecule has 0 unspecified atom stereocenters. The van der Waals surface area contributed by atoms with Crippen molar-refractivity contribution in [2.75, 3.05) is 13.1 Å². The minimum atomic E-state index is -0.469. The number of H-pyrrole nitrogens is 1. The van der Waals surface area contributed by atoms with Gasteiger partial charge in [-0.1, -0.05) is 43.9 Å². The van der Waals surface area contributed by atoms with Crippen LogP contribution in [0.2, 0.25) is 0 Å². The number of carbonyl (C=O) groups excluding carboxylic acids is 3. The molecule has 0 radical (unpaired) electrons. The van der Waals surface area contributed by atoms with Gasteiger partial charge in [-0.15, -0.1) is 0 Å². The van der Waals surface area contributed by atoms with Crippen molar-refractivity contribution >= 4 is 28.6 Å². The number of esters is 1. The van der Waals surface area contributed by atoms with Crippen LogP contribution in [0, 0.1) is 5.92 Å². The van der Waals surface area contributed by atoms with Crippen molar-refractivity contribution in [1.29, 1.82) is 0 Å². The molecule has 1 aromatic carbocycles. The Morgan fingerprint density at radius 2 is 1.76 bits per heavy atom. The fourth-order valence-corrected chi connectivity index (χ4v) is 4.62. The summed E-state index contributed by atoms with van der Waals surface area (Å²) in [6, 6.07) is 7.55. The van der Waals surface area contributed by atoms with E-state index in [-0.39, 0.29) is 5.97 Å². The summed E-state index contributed by atoms with van der Waals surface area (Å²) in [6.07, 6.45) is 10.2. The average molecular weight is 455 g/mol. The first-order chi connectivity index (χ1) is 15.7. The molecule has 1 aromatic heterocycles. The van der Waals surface area contributed by atoms with Crippen LogP contribution in [0.3, 0.4) is 0 Å². The fraction of sp³-hybridized carbons (Fsp3) is 0.593. The van der Waals surface area contributed by atoms with E-state index in [1.165, 1.54) is 19.3 Å². The molecular formula is C27H38N2O4. The number of aromatic amines is 1. The van der Waals surface area contributed by atoms with E-state index in [0.29, 0.717) is 31.0 Å². The van der Waals surface area contributed by atoms with E-state index in [4.69, 9.17) is 4.74 Å². The van der Waals surface area contributed by atoms with Crippen LogP contribution < -0.4 is 0 Å². The summed E-state index contributed by atoms with van der Waals surface area (Å²) in [5.74, 6) is -0.595. The Hall–Kier alpha value is -2.63. The fourth-order valence-electron chi connectivity index (χ4n) is 4.62. The Labute approximate surface area is 197 Å². The van der Waals surface area contributed by atoms with Crippen LogP contribution in [0.4, 0.5) is 0 Å². The second-order valence-electron chi connectivity index (χ2n) is 10.2. The quantitative estimate of drug-likeness (QED) is 0.217. The summed E-state index contributed by atoms with van der Waals surface area (Å²) in [4.78, 5) is 43.2. The highest BCUT2D eigenvalue weighted by molar-refractivity contribution is 6.44. The van der Waals surface area contributed by atoms with E-state index in [2.05, 4.69) is 4.98 Å². The molecule has 1 aliphatic carbocycles. The third-order valence-electron chi connectivity index (χ3n) is 6.25. The molecule has 180 valence electrons. The topological polar surface area (TPSA) is 79.5 Å². The minimum absolute atomic E-state index is 0.188. The molecule has 0 aliphatic heterocycles. The molecule has 2 aromatic rings. The van der Waals surface area contributed by atoms with Gasteiger partial charge in [0, 0.05) is 36.6 Å². The number of aromatic nitrogens is 1. The van der Waals surface area contributed by atoms with Gasteiger partial charge in [0.2, 0.25) is 0 Å². The van der Waals surface area contributed by atoms with Crippen molar-refractivity contribution in [1.82, 2.24) is 9.88 Å². The van der Waals surface area contributed by atoms with E-state index in [9.17, 15) is 14.4 Å². The number of Topliss-reactive ketones (excluding diaryl/α,β-unsaturated/α-hetero) is 1. The lowest BCUT2D eigenvalue weighted by Crippen LogP contribution is -2.40. The summed E-state index contributed by atoms with van der Waals surface area (Å²) in [5, 5.41) is 0.783. The zero-order chi connectivity index (χ0) is 23.8. The Kier molecular flexibility index (Phi) is 8.70. The van der Waals surface area contributed by atoms with Crippen LogP contribution in [0.15, 0.2) is 30.5 Å². The molecule has 1 heterocycles. The van der Waals surface area contributed by atoms with Gasteiger partial charge in [-0.25, -0.2) is 0 Å². The molecule has 0 saturated heterocycles. The predicted octanol–water partition coefficient (Wildman–Crippen LogP) is 5.66. The number of ketones is 1. The van der Waals surface area contributed by atoms with Gasteiger partial charge >= 0.3 is 5.97 Å². The third kappa shape index (κ3) is 7.44. The monoisotopic (exact) mass is 454 g/mol. The summed E-state index contributed by atoms with van der Waals surface area (Å²) < 4.78 is 5.36. The van der Waals surface area contributed by atoms with Crippen molar-refractivity contribution in [2.24, 2.45) is 5.92 Å². The third-order valence-corrected chi connectivity index (χ3v) is 6.25. The minimum Gasteiger partial charge on any atom is -0.460 e. The van der Waals surface area contributed by atoms with E-state index in [1.807, 2.05) is 45.0 Å². The second kappa shape index (κ2) is 11.5. The van der Waals surface area contributed by atoms with Crippen LogP contribution >= 0.6 is 0 Å². The molecule has 0 bridgehead atoms. The number of nitrogens with zero attached hydrogens (tertiary/aromatic N) is 1. The van der Waals surface area contributed by atoms with Crippen LogP contribution in [0.1, 0.15) is 88.9 Å². The van der Waals surface area contributed by atoms with Gasteiger partial charge < -0.3 is 14.6 Å². The van der Waals surface area contributed by atoms with Crippen LogP contribution in [-0.4, -0.2) is 46.2 Å². The lowest BCUT2D eigenvalue weighted by atomic mass is 9.88. The summed E-state index contributed by atoms with van der Waals surface area (Å²) in [5.41, 5.74) is 0.826. The molecule has 33 heavy (non-hydrogen) atoms. The zero-order valence-corrected chi connectivity index (χ0v) is 20.3. The number of carbonyl (C=O) groups is 3. The second-order valence-corrected chi connectivity index (χ2v) is 10.2. The number of ether oxygens (including phenoxy) is 1. The number of amides is 1. The van der Waals surface area contributed by atoms with Crippen molar-refractivity contribution in [3.63, 3.8) is 0 Å². The molecular weight excluding hydrogens is 416 g/mol. The molecule has 1 amide bonds.